The summed E-state index contributed by atoms with van der Waals surface area (Å²) in [5.41, 5.74) is 2.47. The fourth-order valence-electron chi connectivity index (χ4n) is 3.10. The van der Waals surface area contributed by atoms with E-state index in [4.69, 9.17) is 9.47 Å². The Labute approximate surface area is 179 Å². The highest BCUT2D eigenvalue weighted by molar-refractivity contribution is 5.86. The van der Waals surface area contributed by atoms with Crippen molar-refractivity contribution in [3.63, 3.8) is 0 Å². The monoisotopic (exact) mass is 416 g/mol. The van der Waals surface area contributed by atoms with Gasteiger partial charge in [-0.15, -0.1) is 10.2 Å². The van der Waals surface area contributed by atoms with Crippen LogP contribution in [0.5, 0.6) is 11.5 Å². The van der Waals surface area contributed by atoms with Gasteiger partial charge in [-0.05, 0) is 29.3 Å². The van der Waals surface area contributed by atoms with E-state index < -0.39 is 5.82 Å². The van der Waals surface area contributed by atoms with E-state index >= 15 is 0 Å². The van der Waals surface area contributed by atoms with Crippen molar-refractivity contribution in [3.05, 3.63) is 90.4 Å². The van der Waals surface area contributed by atoms with Crippen molar-refractivity contribution in [2.75, 3.05) is 7.11 Å². The Balaban J connectivity index is 1.51. The molecule has 0 aliphatic carbocycles. The summed E-state index contributed by atoms with van der Waals surface area (Å²) in [6.45, 7) is 4.13. The fourth-order valence-corrected chi connectivity index (χ4v) is 3.10. The Morgan fingerprint density at radius 1 is 1.16 bits per heavy atom. The second-order valence-corrected chi connectivity index (χ2v) is 6.87. The smallest absolute Gasteiger partial charge is 0.183 e. The predicted molar refractivity (Wildman–Crippen MR) is 118 cm³/mol. The van der Waals surface area contributed by atoms with Crippen molar-refractivity contribution in [2.24, 2.45) is 7.05 Å². The highest BCUT2D eigenvalue weighted by Gasteiger charge is 2.14. The molecule has 2 aromatic heterocycles. The van der Waals surface area contributed by atoms with Gasteiger partial charge in [0.15, 0.2) is 23.2 Å². The first kappa shape index (κ1) is 20.3. The zero-order valence-electron chi connectivity index (χ0n) is 17.2. The predicted octanol–water partition coefficient (Wildman–Crippen LogP) is 4.82. The standard InChI is InChI=1S/C24H21FN4O2/c1-16(17-7-5-4-6-8-17)9-12-22-27-28-23(29(22)2)15-31-24-19-11-10-18(30-3)13-21(19)26-14-20(24)25/h4-14H,1,15H2,2-3H3/b12-9-. The molecule has 4 rings (SSSR count). The molecule has 156 valence electrons. The Hall–Kier alpha value is -4.00. The quantitative estimate of drug-likeness (QED) is 0.404. The largest absolute Gasteiger partial charge is 0.497 e. The van der Waals surface area contributed by atoms with E-state index in [1.54, 1.807) is 29.9 Å². The topological polar surface area (TPSA) is 62.1 Å². The van der Waals surface area contributed by atoms with E-state index in [0.29, 0.717) is 28.3 Å². The van der Waals surface area contributed by atoms with Gasteiger partial charge in [0.1, 0.15) is 12.4 Å². The third-order valence-electron chi connectivity index (χ3n) is 4.91. The first-order valence-electron chi connectivity index (χ1n) is 9.62. The Bertz CT molecular complexity index is 1270. The van der Waals surface area contributed by atoms with Crippen LogP contribution in [0.2, 0.25) is 0 Å². The molecule has 0 fully saturated rings. The molecule has 2 aromatic carbocycles. The molecule has 0 N–H and O–H groups in total. The summed E-state index contributed by atoms with van der Waals surface area (Å²) in [5, 5.41) is 8.91. The summed E-state index contributed by atoms with van der Waals surface area (Å²) < 4.78 is 27.2. The number of allylic oxidation sites excluding steroid dienone is 2. The molecule has 0 saturated carbocycles. The number of methoxy groups -OCH3 is 1. The number of hydrogen-bond donors (Lipinski definition) is 0. The highest BCUT2D eigenvalue weighted by Crippen LogP contribution is 2.30. The zero-order chi connectivity index (χ0) is 21.8. The summed E-state index contributed by atoms with van der Waals surface area (Å²) in [4.78, 5) is 4.11. The molecule has 0 aliphatic rings. The van der Waals surface area contributed by atoms with Gasteiger partial charge in [-0.25, -0.2) is 4.39 Å². The van der Waals surface area contributed by atoms with Gasteiger partial charge in [-0.2, -0.15) is 0 Å². The summed E-state index contributed by atoms with van der Waals surface area (Å²) in [6.07, 6.45) is 4.85. The van der Waals surface area contributed by atoms with Gasteiger partial charge < -0.3 is 14.0 Å². The minimum Gasteiger partial charge on any atom is -0.497 e. The maximum Gasteiger partial charge on any atom is 0.183 e. The second kappa shape index (κ2) is 8.79. The van der Waals surface area contributed by atoms with Crippen LogP contribution in [0.25, 0.3) is 22.6 Å². The minimum atomic E-state index is -0.542. The normalized spacial score (nSPS) is 11.2. The zero-order valence-corrected chi connectivity index (χ0v) is 17.2. The van der Waals surface area contributed by atoms with Crippen molar-refractivity contribution in [1.82, 2.24) is 19.7 Å². The number of benzene rings is 2. The van der Waals surface area contributed by atoms with Gasteiger partial charge in [0.05, 0.1) is 18.8 Å². The van der Waals surface area contributed by atoms with E-state index in [-0.39, 0.29) is 12.4 Å². The number of halogens is 1. The molecule has 0 unspecified atom stereocenters. The molecule has 0 amide bonds. The van der Waals surface area contributed by atoms with Crippen LogP contribution >= 0.6 is 0 Å². The van der Waals surface area contributed by atoms with Crippen molar-refractivity contribution < 1.29 is 13.9 Å². The average Bonchev–Trinajstić information content (AvgIpc) is 3.16. The van der Waals surface area contributed by atoms with Crippen LogP contribution in [0, 0.1) is 5.82 Å². The number of pyridine rings is 1. The van der Waals surface area contributed by atoms with E-state index in [1.165, 1.54) is 0 Å². The van der Waals surface area contributed by atoms with Gasteiger partial charge in [0.25, 0.3) is 0 Å². The second-order valence-electron chi connectivity index (χ2n) is 6.87. The molecule has 0 saturated heterocycles. The van der Waals surface area contributed by atoms with E-state index in [9.17, 15) is 4.39 Å². The maximum atomic E-state index is 14.4. The number of hydrogen-bond acceptors (Lipinski definition) is 5. The van der Waals surface area contributed by atoms with Crippen LogP contribution in [-0.4, -0.2) is 26.9 Å². The number of rotatable bonds is 7. The van der Waals surface area contributed by atoms with Crippen LogP contribution in [0.3, 0.4) is 0 Å². The van der Waals surface area contributed by atoms with Crippen LogP contribution < -0.4 is 9.47 Å². The summed E-state index contributed by atoms with van der Waals surface area (Å²) in [7, 11) is 3.40. The van der Waals surface area contributed by atoms with Crippen molar-refractivity contribution in [3.8, 4) is 11.5 Å². The molecular weight excluding hydrogens is 395 g/mol. The molecule has 0 aliphatic heterocycles. The molecule has 31 heavy (non-hydrogen) atoms. The van der Waals surface area contributed by atoms with E-state index in [1.807, 2.05) is 49.5 Å². The average molecular weight is 416 g/mol. The van der Waals surface area contributed by atoms with Crippen molar-refractivity contribution in [1.29, 1.82) is 0 Å². The Morgan fingerprint density at radius 2 is 1.97 bits per heavy atom. The van der Waals surface area contributed by atoms with Crippen molar-refractivity contribution >= 4 is 22.6 Å². The molecule has 4 aromatic rings. The Kier molecular flexibility index (Phi) is 5.75. The first-order valence-corrected chi connectivity index (χ1v) is 9.62. The van der Waals surface area contributed by atoms with Gasteiger partial charge in [-0.3, -0.25) is 4.98 Å². The van der Waals surface area contributed by atoms with Gasteiger partial charge in [0, 0.05) is 18.5 Å². The minimum absolute atomic E-state index is 0.0546. The molecule has 7 heteroatoms. The van der Waals surface area contributed by atoms with Crippen LogP contribution in [0.1, 0.15) is 17.2 Å². The van der Waals surface area contributed by atoms with Gasteiger partial charge in [0.2, 0.25) is 0 Å². The lowest BCUT2D eigenvalue weighted by atomic mass is 10.1. The van der Waals surface area contributed by atoms with Crippen LogP contribution in [0.15, 0.2) is 67.4 Å². The maximum absolute atomic E-state index is 14.4. The van der Waals surface area contributed by atoms with E-state index in [2.05, 4.69) is 21.8 Å². The van der Waals surface area contributed by atoms with Crippen molar-refractivity contribution in [2.45, 2.75) is 6.61 Å². The SMILES string of the molecule is C=C(/C=C\c1nnc(COc2c(F)cnc3cc(OC)ccc23)n1C)c1ccccc1. The number of nitrogens with zero attached hydrogens (tertiary/aromatic N) is 4. The van der Waals surface area contributed by atoms with E-state index in [0.717, 1.165) is 17.3 Å². The number of aromatic nitrogens is 4. The lowest BCUT2D eigenvalue weighted by molar-refractivity contribution is 0.280. The first-order chi connectivity index (χ1) is 15.1. The lowest BCUT2D eigenvalue weighted by Gasteiger charge is -2.10. The molecule has 0 spiro atoms. The van der Waals surface area contributed by atoms with Gasteiger partial charge in [-0.1, -0.05) is 43.0 Å². The molecule has 0 radical (unpaired) electrons. The summed E-state index contributed by atoms with van der Waals surface area (Å²) >= 11 is 0. The molecule has 6 nitrogen and oxygen atoms in total. The van der Waals surface area contributed by atoms with Gasteiger partial charge >= 0.3 is 0 Å². The number of fused-ring (bicyclic) bond motifs is 1. The molecular formula is C24H21FN4O2. The lowest BCUT2D eigenvalue weighted by Crippen LogP contribution is -2.06. The summed E-state index contributed by atoms with van der Waals surface area (Å²) in [6, 6.07) is 15.1. The molecule has 2 heterocycles. The third-order valence-corrected chi connectivity index (χ3v) is 4.91. The van der Waals surface area contributed by atoms with Crippen LogP contribution in [0.4, 0.5) is 4.39 Å². The number of ether oxygens (including phenoxy) is 2. The molecule has 0 atom stereocenters. The Morgan fingerprint density at radius 3 is 2.74 bits per heavy atom. The highest BCUT2D eigenvalue weighted by atomic mass is 19.1. The fraction of sp³-hybridized carbons (Fsp3) is 0.125. The summed E-state index contributed by atoms with van der Waals surface area (Å²) in [5.74, 6) is 1.41. The molecule has 0 bridgehead atoms. The third kappa shape index (κ3) is 4.30. The van der Waals surface area contributed by atoms with Crippen LogP contribution in [-0.2, 0) is 13.7 Å².